The third kappa shape index (κ3) is 37.5. The van der Waals surface area contributed by atoms with E-state index < -0.39 is 31.2 Å². The Hall–Kier alpha value is -6.48. The second-order valence-corrected chi connectivity index (χ2v) is 24.1. The minimum Gasteiger partial charge on any atom is -0.412 e. The molecule has 0 spiro atoms. The van der Waals surface area contributed by atoms with Crippen LogP contribution in [0.4, 0.5) is 101 Å². The molecular weight excluding hydrogens is 1270 g/mol. The van der Waals surface area contributed by atoms with Crippen LogP contribution in [0, 0.1) is 0 Å². The standard InChI is InChI=1S/C40H36N8.4F6P.6H2O/c1-2-34-4-3-33(1)25-41-17-21-45(29-41)37-9-11-39(12-10-37)47-23-19-43(31-47)27-35-5-7-36(8-6-35)28-44-20-24-48(32-44)40-15-13-38(14-16-40)46-22-18-42(26-34)30-46;4*1-7(2,3,4,5)6;;;;;;/h1-24,29-32H,25-28H2;;;;;6*1H2/q+4;4*-1;;;;;;. The molecule has 4 aromatic carbocycles. The van der Waals surface area contributed by atoms with Gasteiger partial charge in [-0.05, 0) is 70.8 Å². The molecule has 42 heteroatoms. The zero-order valence-corrected chi connectivity index (χ0v) is 44.0. The van der Waals surface area contributed by atoms with Crippen molar-refractivity contribution in [2.24, 2.45) is 0 Å². The van der Waals surface area contributed by atoms with Gasteiger partial charge in [0.15, 0.2) is 0 Å². The van der Waals surface area contributed by atoms with Crippen LogP contribution in [0.2, 0.25) is 0 Å². The van der Waals surface area contributed by atoms with Crippen molar-refractivity contribution in [3.8, 4) is 22.7 Å². The summed E-state index contributed by atoms with van der Waals surface area (Å²) in [7, 11) is -42.6. The molecule has 12 N–H and O–H groups in total. The summed E-state index contributed by atoms with van der Waals surface area (Å²) in [5.74, 6) is 0. The Labute approximate surface area is 444 Å². The first-order valence-electron chi connectivity index (χ1n) is 20.4. The summed E-state index contributed by atoms with van der Waals surface area (Å²) in [6, 6.07) is 35.2. The second-order valence-electron chi connectivity index (χ2n) is 16.5. The van der Waals surface area contributed by atoms with Crippen molar-refractivity contribution in [3.63, 3.8) is 0 Å². The molecule has 0 atom stereocenters. The molecule has 10 aliphatic rings. The molecule has 0 fully saturated rings. The molecule has 0 amide bonds. The maximum atomic E-state index is 9.87. The molecule has 14 nitrogen and oxygen atoms in total. The molecule has 0 unspecified atom stereocenters. The Kier molecular flexibility index (Phi) is 21.4. The van der Waals surface area contributed by atoms with Crippen LogP contribution in [0.15, 0.2) is 172 Å². The first kappa shape index (κ1) is 77.6. The van der Waals surface area contributed by atoms with Gasteiger partial charge in [0.25, 0.3) is 0 Å². The number of benzene rings is 4. The van der Waals surface area contributed by atoms with E-state index in [2.05, 4.69) is 208 Å². The smallest absolute Gasteiger partial charge is 0.249 e. The van der Waals surface area contributed by atoms with Gasteiger partial charge in [-0.25, -0.2) is 36.5 Å². The van der Waals surface area contributed by atoms with E-state index in [-0.39, 0.29) is 32.9 Å². The normalized spacial score (nSPS) is 15.3. The van der Waals surface area contributed by atoms with Crippen molar-refractivity contribution in [3.05, 3.63) is 194 Å². The summed E-state index contributed by atoms with van der Waals surface area (Å²) in [5, 5.41) is 0. The average Bonchev–Trinajstić information content (AvgIpc) is 4.04. The van der Waals surface area contributed by atoms with Gasteiger partial charge in [-0.3, -0.25) is 0 Å². The quantitative estimate of drug-likeness (QED) is 0.0785. The molecule has 18 rings (SSSR count). The minimum atomic E-state index is -10.7. The number of aromatic nitrogens is 8. The fourth-order valence-corrected chi connectivity index (χ4v) is 6.50. The minimum absolute atomic E-state index is 0. The van der Waals surface area contributed by atoms with E-state index in [4.69, 9.17) is 0 Å². The fourth-order valence-electron chi connectivity index (χ4n) is 6.50. The molecule has 0 aliphatic carbocycles. The molecule has 14 heterocycles. The van der Waals surface area contributed by atoms with Crippen molar-refractivity contribution < 1.29 is 152 Å². The maximum Gasteiger partial charge on any atom is 0.249 e. The number of hydrogen-bond donors (Lipinski definition) is 0. The first-order chi connectivity index (χ1) is 33.5. The molecular formula is C40H48F24N8O6P4. The van der Waals surface area contributed by atoms with Gasteiger partial charge >= 0.3 is 132 Å². The Morgan fingerprint density at radius 2 is 0.354 bits per heavy atom. The SMILES string of the molecule is F[P-](F)(F)(F)(F)F.F[P-](F)(F)(F)(F)F.F[P-](F)(F)(F)(F)F.F[P-](F)(F)(F)(F)F.O.O.O.O.O.O.c1cc2ccc1C[n+]1ccn(c1)-c1ccc(cc1)-n1cc[n+](c1)Cc1ccc(cc1)C[n+]1ccn(c1)-c1ccc(cc1)-n1cc[n+](c1)C2. The molecule has 0 radical (unpaired) electrons. The molecule has 472 valence electrons. The van der Waals surface area contributed by atoms with E-state index >= 15 is 0 Å². The van der Waals surface area contributed by atoms with Crippen molar-refractivity contribution in [1.82, 2.24) is 18.3 Å². The van der Waals surface area contributed by atoms with E-state index in [0.717, 1.165) is 48.9 Å². The van der Waals surface area contributed by atoms with Crippen molar-refractivity contribution in [2.75, 3.05) is 0 Å². The zero-order chi connectivity index (χ0) is 57.5. The van der Waals surface area contributed by atoms with Gasteiger partial charge in [0.1, 0.15) is 98.5 Å². The molecule has 0 saturated carbocycles. The van der Waals surface area contributed by atoms with E-state index in [0.29, 0.717) is 0 Å². The van der Waals surface area contributed by atoms with Crippen molar-refractivity contribution in [1.29, 1.82) is 0 Å². The van der Waals surface area contributed by atoms with Crippen LogP contribution in [0.3, 0.4) is 0 Å². The Morgan fingerprint density at radius 3 is 0.476 bits per heavy atom. The van der Waals surface area contributed by atoms with E-state index in [1.807, 2.05) is 0 Å². The van der Waals surface area contributed by atoms with Crippen LogP contribution in [0.1, 0.15) is 22.3 Å². The van der Waals surface area contributed by atoms with Gasteiger partial charge in [0.2, 0.25) is 25.3 Å². The Morgan fingerprint density at radius 1 is 0.232 bits per heavy atom. The van der Waals surface area contributed by atoms with Gasteiger partial charge in [-0.2, -0.15) is 0 Å². The Balaban J connectivity index is 0. The summed E-state index contributed by atoms with van der Waals surface area (Å²) < 4.78 is 254. The van der Waals surface area contributed by atoms with Crippen molar-refractivity contribution >= 4 is 31.2 Å². The van der Waals surface area contributed by atoms with E-state index in [1.165, 1.54) is 22.3 Å². The molecule has 0 saturated heterocycles. The van der Waals surface area contributed by atoms with Gasteiger partial charge in [0, 0.05) is 0 Å². The van der Waals surface area contributed by atoms with Gasteiger partial charge < -0.3 is 32.9 Å². The van der Waals surface area contributed by atoms with Gasteiger partial charge in [-0.1, -0.05) is 48.5 Å². The third-order valence-electron chi connectivity index (χ3n) is 9.16. The first-order valence-corrected chi connectivity index (χ1v) is 28.5. The number of hydrogen-bond acceptors (Lipinski definition) is 0. The summed E-state index contributed by atoms with van der Waals surface area (Å²) in [6.07, 6.45) is 25.6. The molecule has 4 aromatic heterocycles. The number of imidazole rings is 4. The van der Waals surface area contributed by atoms with Gasteiger partial charge in [-0.15, -0.1) is 0 Å². The summed E-state index contributed by atoms with van der Waals surface area (Å²) >= 11 is 0. The summed E-state index contributed by atoms with van der Waals surface area (Å²) in [6.45, 7) is 3.28. The van der Waals surface area contributed by atoms with Crippen LogP contribution >= 0.6 is 31.2 Å². The molecule has 82 heavy (non-hydrogen) atoms. The number of halogens is 24. The van der Waals surface area contributed by atoms with Crippen LogP contribution < -0.4 is 18.3 Å². The summed E-state index contributed by atoms with van der Waals surface area (Å²) in [5.41, 5.74) is 9.63. The molecule has 16 bridgehead atoms. The topological polar surface area (TPSA) is 224 Å². The summed E-state index contributed by atoms with van der Waals surface area (Å²) in [4.78, 5) is 0. The van der Waals surface area contributed by atoms with E-state index in [1.54, 1.807) is 0 Å². The fraction of sp³-hybridized carbons (Fsp3) is 0.100. The van der Waals surface area contributed by atoms with Crippen LogP contribution in [0.25, 0.3) is 22.7 Å². The predicted molar refractivity (Wildman–Crippen MR) is 256 cm³/mol. The number of rotatable bonds is 0. The maximum absolute atomic E-state index is 10.7. The third-order valence-corrected chi connectivity index (χ3v) is 9.16. The van der Waals surface area contributed by atoms with Crippen LogP contribution in [0.5, 0.6) is 0 Å². The number of nitrogens with zero attached hydrogens (tertiary/aromatic N) is 8. The predicted octanol–water partition coefficient (Wildman–Crippen LogP) is 13.1. The molecule has 8 aromatic rings. The average molecular weight is 1320 g/mol. The van der Waals surface area contributed by atoms with E-state index in [9.17, 15) is 101 Å². The molecule has 10 aliphatic heterocycles. The second kappa shape index (κ2) is 22.6. The largest absolute Gasteiger partial charge is 0.412 e. The van der Waals surface area contributed by atoms with Crippen molar-refractivity contribution in [2.45, 2.75) is 26.2 Å². The van der Waals surface area contributed by atoms with Crippen LogP contribution in [-0.4, -0.2) is 51.1 Å². The Bertz CT molecular complexity index is 2840. The van der Waals surface area contributed by atoms with Crippen LogP contribution in [-0.2, 0) is 26.2 Å². The monoisotopic (exact) mass is 1320 g/mol. The zero-order valence-electron chi connectivity index (χ0n) is 40.4. The van der Waals surface area contributed by atoms with Gasteiger partial charge in [0.05, 0.1) is 0 Å².